The number of primary amides is 1. The third kappa shape index (κ3) is 12.9. The number of hydrogen-bond acceptors (Lipinski definition) is 9. The van der Waals surface area contributed by atoms with Crippen molar-refractivity contribution >= 4 is 60.0 Å². The van der Waals surface area contributed by atoms with Gasteiger partial charge in [-0.15, -0.1) is 0 Å². The van der Waals surface area contributed by atoms with Gasteiger partial charge in [0.15, 0.2) is 0 Å². The fourth-order valence-corrected chi connectivity index (χ4v) is 4.89. The van der Waals surface area contributed by atoms with Crippen molar-refractivity contribution in [1.29, 1.82) is 0 Å². The number of nitrogens with two attached hydrogens (primary N) is 1. The number of nitrogens with one attached hydrogen (secondary N) is 5. The Morgan fingerprint density at radius 3 is 2.28 bits per heavy atom. The van der Waals surface area contributed by atoms with E-state index in [9.17, 15) is 33.6 Å². The van der Waals surface area contributed by atoms with E-state index in [0.717, 1.165) is 0 Å². The molecule has 16 heteroatoms. The molecular weight excluding hydrogens is 618 g/mol. The monoisotopic (exact) mass is 663 g/mol. The number of urea groups is 1. The molecule has 254 valence electrons. The van der Waals surface area contributed by atoms with Crippen molar-refractivity contribution in [2.24, 2.45) is 11.7 Å². The first-order valence-corrected chi connectivity index (χ1v) is 15.7. The molecule has 1 saturated heterocycles. The lowest BCUT2D eigenvalue weighted by atomic mass is 10.0. The summed E-state index contributed by atoms with van der Waals surface area (Å²) < 4.78 is 5.00. The standard InChI is InChI=1S/C30H45N7O8S/c1-18(2)25(36-23(38)9-5-4-6-15-37-24(39)16-22(46)28(37)42)27(41)35-21(8-7-14-33-29(31)43)26(40)34-20-12-10-19(11-13-20)17-45-30(44)32-3/h10-13,18,21-22,25,46H,4-9,14-17H2,1-3H3,(H,32,44)(H,34,40)(H,35,41)(H,36,38)(H3,31,33,43)/t21-,22?,25?/m0/s1. The molecular formula is C30H45N7O8S. The van der Waals surface area contributed by atoms with Crippen LogP contribution in [0.5, 0.6) is 0 Å². The topological polar surface area (TPSA) is 218 Å². The van der Waals surface area contributed by atoms with Crippen molar-refractivity contribution in [3.8, 4) is 0 Å². The largest absolute Gasteiger partial charge is 0.445 e. The molecule has 1 aromatic rings. The van der Waals surface area contributed by atoms with Gasteiger partial charge in [-0.05, 0) is 49.3 Å². The summed E-state index contributed by atoms with van der Waals surface area (Å²) in [5.74, 6) is -2.22. The first-order valence-electron chi connectivity index (χ1n) is 15.2. The van der Waals surface area contributed by atoms with Gasteiger partial charge in [-0.3, -0.25) is 28.9 Å². The van der Waals surface area contributed by atoms with Crippen LogP contribution in [0.3, 0.4) is 0 Å². The molecule has 1 aromatic carbocycles. The molecule has 1 aliphatic rings. The zero-order valence-electron chi connectivity index (χ0n) is 26.4. The van der Waals surface area contributed by atoms with Crippen LogP contribution in [0.25, 0.3) is 0 Å². The molecule has 46 heavy (non-hydrogen) atoms. The van der Waals surface area contributed by atoms with Crippen molar-refractivity contribution in [2.45, 2.75) is 82.7 Å². The van der Waals surface area contributed by atoms with Gasteiger partial charge >= 0.3 is 12.1 Å². The highest BCUT2D eigenvalue weighted by Gasteiger charge is 2.35. The van der Waals surface area contributed by atoms with Crippen LogP contribution >= 0.6 is 12.6 Å². The molecule has 0 aromatic heterocycles. The van der Waals surface area contributed by atoms with E-state index < -0.39 is 41.3 Å². The molecule has 2 unspecified atom stereocenters. The summed E-state index contributed by atoms with van der Waals surface area (Å²) in [5.41, 5.74) is 6.27. The second kappa shape index (κ2) is 19.2. The van der Waals surface area contributed by atoms with Crippen LogP contribution in [-0.2, 0) is 35.3 Å². The summed E-state index contributed by atoms with van der Waals surface area (Å²) >= 11 is 4.11. The number of hydrogen-bond donors (Lipinski definition) is 7. The van der Waals surface area contributed by atoms with Gasteiger partial charge in [-0.1, -0.05) is 32.4 Å². The molecule has 0 saturated carbocycles. The summed E-state index contributed by atoms with van der Waals surface area (Å²) in [4.78, 5) is 86.7. The van der Waals surface area contributed by atoms with Gasteiger partial charge in [0, 0.05) is 38.7 Å². The minimum Gasteiger partial charge on any atom is -0.445 e. The lowest BCUT2D eigenvalue weighted by Crippen LogP contribution is -2.54. The highest BCUT2D eigenvalue weighted by Crippen LogP contribution is 2.19. The molecule has 8 amide bonds. The van der Waals surface area contributed by atoms with Crippen LogP contribution in [-0.4, -0.2) is 84.0 Å². The van der Waals surface area contributed by atoms with Crippen LogP contribution in [0.1, 0.15) is 64.4 Å². The van der Waals surface area contributed by atoms with E-state index in [1.807, 2.05) is 0 Å². The first-order chi connectivity index (χ1) is 21.8. The SMILES string of the molecule is CNC(=O)OCc1ccc(NC(=O)[C@H](CCCNC(N)=O)NC(=O)C(NC(=O)CCCCCN2C(=O)CC(S)C2=O)C(C)C)cc1. The van der Waals surface area contributed by atoms with Crippen LogP contribution in [0.4, 0.5) is 15.3 Å². The number of unbranched alkanes of at least 4 members (excludes halogenated alkanes) is 2. The molecule has 0 bridgehead atoms. The number of rotatable bonds is 18. The normalized spacial score (nSPS) is 15.6. The van der Waals surface area contributed by atoms with Crippen molar-refractivity contribution in [3.63, 3.8) is 0 Å². The predicted octanol–water partition coefficient (Wildman–Crippen LogP) is 1.17. The van der Waals surface area contributed by atoms with Gasteiger partial charge in [0.25, 0.3) is 0 Å². The van der Waals surface area contributed by atoms with E-state index in [-0.39, 0.29) is 62.6 Å². The fraction of sp³-hybridized carbons (Fsp3) is 0.567. The maximum absolute atomic E-state index is 13.3. The number of carbonyl (C=O) groups excluding carboxylic acids is 7. The number of ether oxygens (including phenoxy) is 1. The van der Waals surface area contributed by atoms with Crippen molar-refractivity contribution in [2.75, 3.05) is 25.5 Å². The summed E-state index contributed by atoms with van der Waals surface area (Å²) in [5, 5.41) is 12.4. The number of anilines is 1. The number of imide groups is 1. The van der Waals surface area contributed by atoms with Crippen LogP contribution < -0.4 is 32.3 Å². The van der Waals surface area contributed by atoms with E-state index in [2.05, 4.69) is 39.2 Å². The highest BCUT2D eigenvalue weighted by atomic mass is 32.1. The first kappa shape index (κ1) is 37.8. The maximum Gasteiger partial charge on any atom is 0.407 e. The Morgan fingerprint density at radius 2 is 1.70 bits per heavy atom. The predicted molar refractivity (Wildman–Crippen MR) is 172 cm³/mol. The third-order valence-corrected chi connectivity index (χ3v) is 7.57. The number of carbonyl (C=O) groups is 7. The third-order valence-electron chi connectivity index (χ3n) is 7.17. The average Bonchev–Trinajstić information content (AvgIpc) is 3.25. The molecule has 0 radical (unpaired) electrons. The molecule has 0 aliphatic carbocycles. The molecule has 1 aliphatic heterocycles. The van der Waals surface area contributed by atoms with Gasteiger partial charge in [-0.2, -0.15) is 12.6 Å². The second-order valence-corrected chi connectivity index (χ2v) is 11.8. The van der Waals surface area contributed by atoms with E-state index in [1.165, 1.54) is 11.9 Å². The molecule has 2 rings (SSSR count). The Hall–Kier alpha value is -4.34. The molecule has 15 nitrogen and oxygen atoms in total. The Labute approximate surface area is 273 Å². The van der Waals surface area contributed by atoms with Gasteiger partial charge in [0.2, 0.25) is 29.5 Å². The van der Waals surface area contributed by atoms with Gasteiger partial charge in [0.05, 0.1) is 5.25 Å². The Bertz CT molecular complexity index is 1240. The second-order valence-electron chi connectivity index (χ2n) is 11.2. The zero-order valence-corrected chi connectivity index (χ0v) is 27.3. The van der Waals surface area contributed by atoms with Crippen LogP contribution in [0, 0.1) is 5.92 Å². The van der Waals surface area contributed by atoms with Crippen LogP contribution in [0.2, 0.25) is 0 Å². The van der Waals surface area contributed by atoms with Crippen LogP contribution in [0.15, 0.2) is 24.3 Å². The highest BCUT2D eigenvalue weighted by molar-refractivity contribution is 7.81. The number of nitrogens with zero attached hydrogens (tertiary/aromatic N) is 1. The van der Waals surface area contributed by atoms with E-state index in [4.69, 9.17) is 10.5 Å². The van der Waals surface area contributed by atoms with Crippen molar-refractivity contribution in [1.82, 2.24) is 26.2 Å². The summed E-state index contributed by atoms with van der Waals surface area (Å²) in [6, 6.07) is 3.98. The Morgan fingerprint density at radius 1 is 1.00 bits per heavy atom. The number of thiol groups is 1. The van der Waals surface area contributed by atoms with Gasteiger partial charge < -0.3 is 37.1 Å². The van der Waals surface area contributed by atoms with Crippen molar-refractivity contribution < 1.29 is 38.3 Å². The maximum atomic E-state index is 13.3. The van der Waals surface area contributed by atoms with E-state index in [1.54, 1.807) is 38.1 Å². The smallest absolute Gasteiger partial charge is 0.407 e. The number of likely N-dealkylation sites (tertiary alicyclic amines) is 1. The molecule has 1 fully saturated rings. The summed E-state index contributed by atoms with van der Waals surface area (Å²) in [7, 11) is 1.45. The average molecular weight is 664 g/mol. The quantitative estimate of drug-likeness (QED) is 0.0685. The number of amides is 8. The number of alkyl carbamates (subject to hydrolysis) is 1. The Kier molecular flexibility index (Phi) is 15.8. The zero-order chi connectivity index (χ0) is 34.2. The molecule has 7 N–H and O–H groups in total. The lowest BCUT2D eigenvalue weighted by molar-refractivity contribution is -0.138. The van der Waals surface area contributed by atoms with E-state index >= 15 is 0 Å². The Balaban J connectivity index is 1.94. The van der Waals surface area contributed by atoms with Gasteiger partial charge in [0.1, 0.15) is 18.7 Å². The number of benzene rings is 1. The van der Waals surface area contributed by atoms with E-state index in [0.29, 0.717) is 36.9 Å². The van der Waals surface area contributed by atoms with Crippen molar-refractivity contribution in [3.05, 3.63) is 29.8 Å². The van der Waals surface area contributed by atoms with Gasteiger partial charge in [-0.25, -0.2) is 9.59 Å². The summed E-state index contributed by atoms with van der Waals surface area (Å²) in [6.45, 7) is 4.05. The minimum atomic E-state index is -0.996. The molecule has 3 atom stereocenters. The lowest BCUT2D eigenvalue weighted by Gasteiger charge is -2.25. The fourth-order valence-electron chi connectivity index (χ4n) is 4.60. The molecule has 1 heterocycles. The minimum absolute atomic E-state index is 0.0408. The summed E-state index contributed by atoms with van der Waals surface area (Å²) in [6.07, 6.45) is 1.81. The molecule has 0 spiro atoms.